The molecule has 2 aliphatic rings. The zero-order valence-corrected chi connectivity index (χ0v) is 13.5. The van der Waals surface area contributed by atoms with Gasteiger partial charge in [0, 0.05) is 18.0 Å². The number of nitrogens with one attached hydrogen (secondary N) is 1. The summed E-state index contributed by atoms with van der Waals surface area (Å²) in [6, 6.07) is -1.45. The fourth-order valence-electron chi connectivity index (χ4n) is 2.78. The van der Waals surface area contributed by atoms with E-state index in [0.717, 1.165) is 4.88 Å². The molecule has 10 nitrogen and oxygen atoms in total. The van der Waals surface area contributed by atoms with Gasteiger partial charge in [0.25, 0.3) is 0 Å². The summed E-state index contributed by atoms with van der Waals surface area (Å²) in [5.74, 6) is -0.354. The predicted molar refractivity (Wildman–Crippen MR) is 84.7 cm³/mol. The number of thiazole rings is 1. The number of fused-ring (bicyclic) bond motifs is 4. The highest BCUT2D eigenvalue weighted by Gasteiger charge is 2.52. The fraction of sp³-hybridized carbons (Fsp3) is 0.462. The molecule has 1 aromatic heterocycles. The number of hydroxylamine groups is 2. The van der Waals surface area contributed by atoms with E-state index in [2.05, 4.69) is 26.9 Å². The molecule has 3 rings (SSSR count). The Labute approximate surface area is 141 Å². The van der Waals surface area contributed by atoms with E-state index in [1.165, 1.54) is 21.3 Å². The third-order valence-electron chi connectivity index (χ3n) is 3.74. The van der Waals surface area contributed by atoms with Crippen LogP contribution in [0.1, 0.15) is 22.7 Å². The third kappa shape index (κ3) is 2.68. The van der Waals surface area contributed by atoms with Gasteiger partial charge in [-0.1, -0.05) is 11.2 Å². The normalized spacial score (nSPS) is 21.2. The minimum atomic E-state index is -0.807. The average molecular weight is 349 g/mol. The molecule has 3 amide bonds. The van der Waals surface area contributed by atoms with Crippen molar-refractivity contribution in [3.05, 3.63) is 39.2 Å². The Morgan fingerprint density at radius 3 is 3.29 bits per heavy atom. The van der Waals surface area contributed by atoms with E-state index in [9.17, 15) is 9.59 Å². The zero-order chi connectivity index (χ0) is 17.1. The van der Waals surface area contributed by atoms with Gasteiger partial charge in [-0.05, 0) is 5.53 Å². The molecule has 1 N–H and O–H groups in total. The third-order valence-corrected chi connectivity index (χ3v) is 4.68. The van der Waals surface area contributed by atoms with Crippen molar-refractivity contribution in [2.45, 2.75) is 12.1 Å². The van der Waals surface area contributed by atoms with Crippen molar-refractivity contribution in [2.75, 3.05) is 26.2 Å². The lowest BCUT2D eigenvalue weighted by Crippen LogP contribution is -2.44. The van der Waals surface area contributed by atoms with Crippen LogP contribution in [0.5, 0.6) is 0 Å². The first kappa shape index (κ1) is 16.2. The van der Waals surface area contributed by atoms with Gasteiger partial charge < -0.3 is 10.2 Å². The molecule has 0 radical (unpaired) electrons. The topological polar surface area (TPSA) is 124 Å². The molecule has 1 unspecified atom stereocenters. The van der Waals surface area contributed by atoms with Gasteiger partial charge in [0.2, 0.25) is 5.91 Å². The van der Waals surface area contributed by atoms with Crippen molar-refractivity contribution < 1.29 is 14.4 Å². The smallest absolute Gasteiger partial charge is 0.345 e. The molecule has 2 aliphatic heterocycles. The Morgan fingerprint density at radius 1 is 1.71 bits per heavy atom. The molecule has 0 spiro atoms. The maximum atomic E-state index is 12.6. The summed E-state index contributed by atoms with van der Waals surface area (Å²) >= 11 is 1.39. The molecule has 2 atom stereocenters. The first-order valence-corrected chi connectivity index (χ1v) is 8.12. The van der Waals surface area contributed by atoms with Crippen LogP contribution in [0, 0.1) is 0 Å². The molecule has 1 saturated heterocycles. The van der Waals surface area contributed by atoms with Crippen LogP contribution in [0.25, 0.3) is 10.4 Å². The highest BCUT2D eigenvalue weighted by molar-refractivity contribution is 7.09. The number of hydrogen-bond donors (Lipinski definition) is 1. The molecule has 2 bridgehead atoms. The van der Waals surface area contributed by atoms with Crippen molar-refractivity contribution in [1.82, 2.24) is 20.3 Å². The van der Waals surface area contributed by atoms with Crippen molar-refractivity contribution >= 4 is 23.3 Å². The fourth-order valence-corrected chi connectivity index (χ4v) is 3.68. The molecule has 0 aromatic carbocycles. The van der Waals surface area contributed by atoms with E-state index in [0.29, 0.717) is 12.2 Å². The number of amides is 3. The molecule has 0 aliphatic carbocycles. The highest BCUT2D eigenvalue weighted by atomic mass is 32.1. The van der Waals surface area contributed by atoms with Gasteiger partial charge in [0.15, 0.2) is 6.04 Å². The van der Waals surface area contributed by atoms with Crippen molar-refractivity contribution in [3.8, 4) is 0 Å². The number of azide groups is 1. The lowest BCUT2D eigenvalue weighted by Gasteiger charge is -2.28. The molecule has 3 heterocycles. The number of carbonyl (C=O) groups is 2. The summed E-state index contributed by atoms with van der Waals surface area (Å²) in [5, 5.41) is 7.32. The number of aromatic nitrogens is 1. The van der Waals surface area contributed by atoms with Gasteiger partial charge in [0.1, 0.15) is 6.04 Å². The number of carbonyl (C=O) groups excluding carboxylic acids is 2. The summed E-state index contributed by atoms with van der Waals surface area (Å²) in [5.41, 5.74) is 10.5. The molecule has 1 fully saturated rings. The minimum absolute atomic E-state index is 0.143. The Morgan fingerprint density at radius 2 is 2.54 bits per heavy atom. The lowest BCUT2D eigenvalue weighted by atomic mass is 10.0. The van der Waals surface area contributed by atoms with E-state index in [-0.39, 0.29) is 37.7 Å². The highest BCUT2D eigenvalue weighted by Crippen LogP contribution is 2.45. The van der Waals surface area contributed by atoms with Gasteiger partial charge in [-0.25, -0.2) is 9.78 Å². The van der Waals surface area contributed by atoms with Crippen LogP contribution in [0.2, 0.25) is 0 Å². The van der Waals surface area contributed by atoms with Crippen molar-refractivity contribution in [1.29, 1.82) is 0 Å². The van der Waals surface area contributed by atoms with Crippen LogP contribution in [-0.4, -0.2) is 53.1 Å². The monoisotopic (exact) mass is 349 g/mol. The summed E-state index contributed by atoms with van der Waals surface area (Å²) in [6.07, 6.45) is 1.55. The van der Waals surface area contributed by atoms with Crippen LogP contribution < -0.4 is 5.32 Å². The van der Waals surface area contributed by atoms with Crippen LogP contribution in [-0.2, 0) is 9.63 Å². The summed E-state index contributed by atoms with van der Waals surface area (Å²) in [4.78, 5) is 39.7. The Bertz CT molecular complexity index is 714. The predicted octanol–water partition coefficient (Wildman–Crippen LogP) is 1.52. The second-order valence-corrected chi connectivity index (χ2v) is 6.00. The van der Waals surface area contributed by atoms with Gasteiger partial charge >= 0.3 is 6.03 Å². The first-order chi connectivity index (χ1) is 11.7. The maximum Gasteiger partial charge on any atom is 0.345 e. The van der Waals surface area contributed by atoms with Gasteiger partial charge in [-0.3, -0.25) is 9.63 Å². The summed E-state index contributed by atoms with van der Waals surface area (Å²) < 4.78 is 0. The van der Waals surface area contributed by atoms with E-state index in [1.54, 1.807) is 11.6 Å². The number of urea groups is 1. The Kier molecular flexibility index (Phi) is 4.65. The molecule has 1 aromatic rings. The Hall–Kier alpha value is -2.62. The SMILES string of the molecule is C=CCON1C(=O)N2CC1c1scnc1[C@H]2C(=O)NCCN=[N+]=[N-]. The van der Waals surface area contributed by atoms with Crippen LogP contribution in [0.4, 0.5) is 4.79 Å². The van der Waals surface area contributed by atoms with Crippen LogP contribution in [0.3, 0.4) is 0 Å². The maximum absolute atomic E-state index is 12.6. The first-order valence-electron chi connectivity index (χ1n) is 7.24. The zero-order valence-electron chi connectivity index (χ0n) is 12.7. The van der Waals surface area contributed by atoms with Crippen LogP contribution in [0.15, 0.2) is 23.3 Å². The number of hydrogen-bond acceptors (Lipinski definition) is 6. The second-order valence-electron chi connectivity index (χ2n) is 5.11. The molecule has 126 valence electrons. The van der Waals surface area contributed by atoms with Gasteiger partial charge in [0.05, 0.1) is 29.2 Å². The minimum Gasteiger partial charge on any atom is -0.354 e. The molecular formula is C13H15N7O3S. The summed E-state index contributed by atoms with van der Waals surface area (Å²) in [6.45, 7) is 4.47. The lowest BCUT2D eigenvalue weighted by molar-refractivity contribution is -0.126. The summed E-state index contributed by atoms with van der Waals surface area (Å²) in [7, 11) is 0. The molecule has 11 heteroatoms. The molecular weight excluding hydrogens is 334 g/mol. The number of rotatable bonds is 7. The standard InChI is InChI=1S/C13H15N7O3S/c1-2-5-23-20-8-6-19(13(20)22)10(9-11(8)24-7-16-9)12(21)15-3-4-17-18-14/h2,7-8,10H,1,3-6H2,(H,15,21)/t8?,10-/m0/s1. The van der Waals surface area contributed by atoms with E-state index in [1.807, 2.05) is 0 Å². The molecule has 24 heavy (non-hydrogen) atoms. The Balaban J connectivity index is 1.82. The van der Waals surface area contributed by atoms with Crippen molar-refractivity contribution in [2.24, 2.45) is 5.11 Å². The van der Waals surface area contributed by atoms with Crippen LogP contribution >= 0.6 is 11.3 Å². The van der Waals surface area contributed by atoms with Crippen molar-refractivity contribution in [3.63, 3.8) is 0 Å². The van der Waals surface area contributed by atoms with Gasteiger partial charge in [-0.2, -0.15) is 5.06 Å². The second kappa shape index (κ2) is 6.87. The van der Waals surface area contributed by atoms with E-state index in [4.69, 9.17) is 10.4 Å². The largest absolute Gasteiger partial charge is 0.354 e. The van der Waals surface area contributed by atoms with Gasteiger partial charge in [-0.15, -0.1) is 17.9 Å². The van der Waals surface area contributed by atoms with E-state index >= 15 is 0 Å². The van der Waals surface area contributed by atoms with E-state index < -0.39 is 6.04 Å². The number of nitrogens with zero attached hydrogens (tertiary/aromatic N) is 6. The molecule has 0 saturated carbocycles. The average Bonchev–Trinajstić information content (AvgIpc) is 3.16. The quantitative estimate of drug-likeness (QED) is 0.263.